The van der Waals surface area contributed by atoms with Crippen molar-refractivity contribution in [2.45, 2.75) is 32.1 Å². The van der Waals surface area contributed by atoms with Gasteiger partial charge in [0, 0.05) is 109 Å². The van der Waals surface area contributed by atoms with Crippen LogP contribution in [0.5, 0.6) is 0 Å². The highest BCUT2D eigenvalue weighted by Crippen LogP contribution is 2.40. The van der Waals surface area contributed by atoms with Gasteiger partial charge in [0.2, 0.25) is 17.1 Å². The number of amides is 2. The number of carbonyl (C=O) groups is 4. The van der Waals surface area contributed by atoms with Gasteiger partial charge in [0.1, 0.15) is 35.9 Å². The number of hydrogen-bond donors (Lipinski definition) is 1. The molecule has 18 heteroatoms. The van der Waals surface area contributed by atoms with Crippen molar-refractivity contribution in [1.29, 1.82) is 0 Å². The first kappa shape index (κ1) is 50.9. The first-order valence-corrected chi connectivity index (χ1v) is 26.0. The molecule has 0 radical (unpaired) electrons. The fourth-order valence-corrected chi connectivity index (χ4v) is 10.3. The molecule has 4 aromatic carbocycles. The van der Waals surface area contributed by atoms with E-state index in [4.69, 9.17) is 45.5 Å². The fourth-order valence-electron chi connectivity index (χ4n) is 9.54. The third-order valence-electron chi connectivity index (χ3n) is 13.9. The Labute approximate surface area is 448 Å². The van der Waals surface area contributed by atoms with Crippen LogP contribution in [0.2, 0.25) is 10.0 Å². The summed E-state index contributed by atoms with van der Waals surface area (Å²) in [6.07, 6.45) is 10.2. The van der Waals surface area contributed by atoms with Gasteiger partial charge in [-0.3, -0.25) is 24.2 Å². The zero-order chi connectivity index (χ0) is 52.3. The fraction of sp³-hybridized carbons (Fsp3) is 0.263. The van der Waals surface area contributed by atoms with Gasteiger partial charge < -0.3 is 25.3 Å². The Morgan fingerprint density at radius 3 is 1.47 bits per heavy atom. The lowest BCUT2D eigenvalue weighted by Gasteiger charge is -2.35. The number of piperazine rings is 2. The standard InChI is InChI=1S/C29H26ClN5O2.C24H21ClN6O.C4H5ClO/c1-2-27(37)34-9-11-35(12-10-34)29-23-15-24(30)22(16-25(23)31-17-32-29)28-21-6-4-3-5-19(21)13-20(33-28)14-26(36)18-7-8-18;1-2-22(32)30-7-9-31(10-8-30)24-18-12-19(25)17(13-20(18)27-14-28-24)23-16-6-4-3-5-15(16)11-21(26)29-23;5-4(6)3-1-2-3/h2-6,13,15-18H,1,7-12,14H2;2-6,11-14H,1,7-10H2,(H2,26,29);3H,1-2H2. The summed E-state index contributed by atoms with van der Waals surface area (Å²) < 4.78 is 0. The molecule has 0 unspecified atom stereocenters. The van der Waals surface area contributed by atoms with E-state index in [0.717, 1.165) is 109 Å². The third kappa shape index (κ3) is 11.3. The molecule has 2 N–H and O–H groups in total. The van der Waals surface area contributed by atoms with Gasteiger partial charge in [0.05, 0.1) is 32.5 Å². The Kier molecular flexibility index (Phi) is 15.0. The summed E-state index contributed by atoms with van der Waals surface area (Å²) in [4.78, 5) is 81.9. The average molecular weight is 1060 g/mol. The number of nitrogens with zero attached hydrogens (tertiary/aromatic N) is 10. The van der Waals surface area contributed by atoms with Crippen LogP contribution in [-0.4, -0.2) is 115 Å². The minimum Gasteiger partial charge on any atom is -0.384 e. The van der Waals surface area contributed by atoms with Crippen molar-refractivity contribution in [2.75, 3.05) is 67.9 Å². The van der Waals surface area contributed by atoms with Crippen LogP contribution < -0.4 is 15.5 Å². The Hall–Kier alpha value is -7.59. The second kappa shape index (κ2) is 22.1. The predicted molar refractivity (Wildman–Crippen MR) is 298 cm³/mol. The molecule has 8 aromatic rings. The largest absolute Gasteiger partial charge is 0.384 e. The molecule has 2 saturated heterocycles. The number of Topliss-reactive ketones (excluding diaryl/α,β-unsaturated/α-hetero) is 1. The number of anilines is 3. The molecule has 4 fully saturated rings. The minimum atomic E-state index is -0.157. The number of nitrogens with two attached hydrogens (primary N) is 1. The monoisotopic (exact) mass is 1060 g/mol. The van der Waals surface area contributed by atoms with E-state index in [1.54, 1.807) is 22.5 Å². The number of nitrogen functional groups attached to an aromatic ring is 1. The first-order chi connectivity index (χ1) is 36.4. The van der Waals surface area contributed by atoms with Crippen LogP contribution in [0, 0.1) is 11.8 Å². The van der Waals surface area contributed by atoms with Crippen LogP contribution in [0.1, 0.15) is 31.4 Å². The molecule has 15 nitrogen and oxygen atoms in total. The van der Waals surface area contributed by atoms with Crippen molar-refractivity contribution < 1.29 is 19.2 Å². The maximum atomic E-state index is 12.5. The van der Waals surface area contributed by atoms with Gasteiger partial charge in [-0.2, -0.15) is 0 Å². The molecule has 4 aromatic heterocycles. The molecule has 12 rings (SSSR count). The number of pyridine rings is 2. The number of benzene rings is 4. The van der Waals surface area contributed by atoms with Crippen molar-refractivity contribution in [1.82, 2.24) is 39.7 Å². The minimum absolute atomic E-state index is 0.0493. The zero-order valence-electron chi connectivity index (χ0n) is 41.0. The molecule has 380 valence electrons. The summed E-state index contributed by atoms with van der Waals surface area (Å²) in [6.45, 7) is 12.2. The average Bonchev–Trinajstić information content (AvgIpc) is 4.38. The molecule has 2 aliphatic carbocycles. The van der Waals surface area contributed by atoms with E-state index in [-0.39, 0.29) is 34.7 Å². The van der Waals surface area contributed by atoms with Crippen molar-refractivity contribution in [2.24, 2.45) is 11.8 Å². The van der Waals surface area contributed by atoms with E-state index >= 15 is 0 Å². The normalized spacial score (nSPS) is 15.5. The molecular weight excluding hydrogens is 1010 g/mol. The third-order valence-corrected chi connectivity index (χ3v) is 14.8. The van der Waals surface area contributed by atoms with E-state index in [9.17, 15) is 19.2 Å². The summed E-state index contributed by atoms with van der Waals surface area (Å²) in [5, 5.41) is 6.63. The maximum Gasteiger partial charge on any atom is 0.246 e. The molecule has 75 heavy (non-hydrogen) atoms. The molecule has 0 atom stereocenters. The van der Waals surface area contributed by atoms with Crippen molar-refractivity contribution in [3.8, 4) is 22.5 Å². The highest BCUT2D eigenvalue weighted by atomic mass is 35.5. The molecule has 2 saturated carbocycles. The highest BCUT2D eigenvalue weighted by molar-refractivity contribution is 6.64. The highest BCUT2D eigenvalue weighted by Gasteiger charge is 2.30. The molecular formula is C57H52Cl3N11O4. The van der Waals surface area contributed by atoms with Gasteiger partial charge in [0.25, 0.3) is 0 Å². The second-order valence-electron chi connectivity index (χ2n) is 18.9. The van der Waals surface area contributed by atoms with Crippen LogP contribution in [-0.2, 0) is 25.6 Å². The second-order valence-corrected chi connectivity index (χ2v) is 20.1. The number of rotatable bonds is 10. The van der Waals surface area contributed by atoms with Crippen molar-refractivity contribution >= 4 is 118 Å². The van der Waals surface area contributed by atoms with Gasteiger partial charge in [-0.1, -0.05) is 84.9 Å². The van der Waals surface area contributed by atoms with Crippen LogP contribution >= 0.6 is 34.8 Å². The van der Waals surface area contributed by atoms with E-state index < -0.39 is 0 Å². The number of fused-ring (bicyclic) bond motifs is 4. The quantitative estimate of drug-likeness (QED) is 0.101. The van der Waals surface area contributed by atoms with Crippen molar-refractivity contribution in [3.05, 3.63) is 139 Å². The molecule has 0 spiro atoms. The lowest BCUT2D eigenvalue weighted by atomic mass is 10.00. The maximum absolute atomic E-state index is 12.5. The lowest BCUT2D eigenvalue weighted by Crippen LogP contribution is -2.48. The molecule has 0 bridgehead atoms. The van der Waals surface area contributed by atoms with Gasteiger partial charge in [-0.15, -0.1) is 0 Å². The molecule has 2 aliphatic heterocycles. The van der Waals surface area contributed by atoms with E-state index in [1.165, 1.54) is 12.2 Å². The SMILES string of the molecule is C=CC(=O)N1CCN(c2ncnc3cc(-c4nc(CC(=O)C5CC5)cc5ccccc45)c(Cl)cc23)CC1.C=CC(=O)N1CCN(c2ncnc3cc(-c4nc(N)cc5ccccc45)c(Cl)cc23)CC1.O=C(Cl)C1CC1. The van der Waals surface area contributed by atoms with Gasteiger partial charge in [-0.25, -0.2) is 24.9 Å². The Balaban J connectivity index is 0.000000155. The smallest absolute Gasteiger partial charge is 0.246 e. The molecule has 6 heterocycles. The predicted octanol–water partition coefficient (Wildman–Crippen LogP) is 9.93. The molecule has 2 amide bonds. The Morgan fingerprint density at radius 2 is 1.03 bits per heavy atom. The van der Waals surface area contributed by atoms with Gasteiger partial charge in [0.15, 0.2) is 0 Å². The topological polar surface area (TPSA) is 185 Å². The number of halogens is 3. The summed E-state index contributed by atoms with van der Waals surface area (Å²) >= 11 is 18.7. The first-order valence-electron chi connectivity index (χ1n) is 24.8. The van der Waals surface area contributed by atoms with Crippen LogP contribution in [0.15, 0.2) is 123 Å². The Morgan fingerprint density at radius 1 is 0.573 bits per heavy atom. The van der Waals surface area contributed by atoms with Crippen LogP contribution in [0.3, 0.4) is 0 Å². The van der Waals surface area contributed by atoms with Crippen molar-refractivity contribution in [3.63, 3.8) is 0 Å². The number of carbonyl (C=O) groups excluding carboxylic acids is 4. The summed E-state index contributed by atoms with van der Waals surface area (Å²) in [5.41, 5.74) is 11.4. The zero-order valence-corrected chi connectivity index (χ0v) is 43.2. The Bertz CT molecular complexity index is 3570. The molecule has 4 aliphatic rings. The summed E-state index contributed by atoms with van der Waals surface area (Å²) in [5.74, 6) is 2.60. The number of hydrogen-bond acceptors (Lipinski definition) is 13. The van der Waals surface area contributed by atoms with Crippen LogP contribution in [0.25, 0.3) is 65.9 Å². The van der Waals surface area contributed by atoms with Gasteiger partial charge in [-0.05, 0) is 96.6 Å². The summed E-state index contributed by atoms with van der Waals surface area (Å²) in [6, 6.07) is 27.5. The number of ketones is 1. The van der Waals surface area contributed by atoms with E-state index in [2.05, 4.69) is 47.9 Å². The van der Waals surface area contributed by atoms with E-state index in [0.29, 0.717) is 74.6 Å². The summed E-state index contributed by atoms with van der Waals surface area (Å²) in [7, 11) is 0. The van der Waals surface area contributed by atoms with E-state index in [1.807, 2.05) is 84.9 Å². The number of aromatic nitrogens is 6. The van der Waals surface area contributed by atoms with Gasteiger partial charge >= 0.3 is 0 Å². The lowest BCUT2D eigenvalue weighted by molar-refractivity contribution is -0.127. The van der Waals surface area contributed by atoms with Crippen LogP contribution in [0.4, 0.5) is 17.5 Å².